The van der Waals surface area contributed by atoms with Crippen molar-refractivity contribution in [3.63, 3.8) is 0 Å². The van der Waals surface area contributed by atoms with E-state index in [1.54, 1.807) is 22.7 Å². The van der Waals surface area contributed by atoms with Crippen molar-refractivity contribution in [2.24, 2.45) is 4.99 Å². The van der Waals surface area contributed by atoms with Gasteiger partial charge in [-0.15, -0.1) is 22.7 Å². The van der Waals surface area contributed by atoms with Crippen LogP contribution < -0.4 is 4.90 Å². The second-order valence-corrected chi connectivity index (χ2v) is 9.16. The Bertz CT molecular complexity index is 836. The number of piperazine rings is 1. The number of fused-ring (bicyclic) bond motifs is 1. The fourth-order valence-electron chi connectivity index (χ4n) is 2.93. The zero-order valence-corrected chi connectivity index (χ0v) is 19.2. The monoisotopic (exact) mass is 600 g/mol. The molecule has 0 spiro atoms. The first-order valence-corrected chi connectivity index (χ1v) is 10.7. The Balaban J connectivity index is 0.00000196. The van der Waals surface area contributed by atoms with E-state index < -0.39 is 0 Å². The van der Waals surface area contributed by atoms with Crippen LogP contribution in [0.15, 0.2) is 46.8 Å². The van der Waals surface area contributed by atoms with Gasteiger partial charge in [0.05, 0.1) is 5.69 Å². The van der Waals surface area contributed by atoms with Gasteiger partial charge in [0.15, 0.2) is 0 Å². The minimum Gasteiger partial charge on any atom is -0.800 e. The van der Waals surface area contributed by atoms with E-state index in [4.69, 9.17) is 25.3 Å². The Hall–Kier alpha value is -0.250. The summed E-state index contributed by atoms with van der Waals surface area (Å²) < 4.78 is 2.48. The average Bonchev–Trinajstić information content (AvgIpc) is 3.22. The molecule has 1 radical (unpaired) electrons. The summed E-state index contributed by atoms with van der Waals surface area (Å²) in [4.78, 5) is 10.4. The van der Waals surface area contributed by atoms with Gasteiger partial charge in [0.1, 0.15) is 0 Å². The maximum absolute atomic E-state index is 5.16. The summed E-state index contributed by atoms with van der Waals surface area (Å²) in [6.07, 6.45) is 1.96. The number of aliphatic imine (C=N–C) groups is 1. The van der Waals surface area contributed by atoms with Gasteiger partial charge in [-0.1, -0.05) is 0 Å². The van der Waals surface area contributed by atoms with Gasteiger partial charge in [-0.25, -0.2) is 4.71 Å². The molecule has 4 rings (SSSR count). The summed E-state index contributed by atoms with van der Waals surface area (Å²) in [6.45, 7) is 3.82. The van der Waals surface area contributed by atoms with Gasteiger partial charge in [-0.05, 0) is 41.8 Å². The first-order valence-electron chi connectivity index (χ1n) is 8.11. The maximum Gasteiger partial charge on any atom is 0.0631 e. The third kappa shape index (κ3) is 4.77. The molecule has 1 fully saturated rings. The van der Waals surface area contributed by atoms with E-state index in [2.05, 4.69) is 56.6 Å². The van der Waals surface area contributed by atoms with Gasteiger partial charge in [0.25, 0.3) is 0 Å². The second-order valence-electron chi connectivity index (χ2n) is 5.90. The van der Waals surface area contributed by atoms with E-state index in [-0.39, 0.29) is 27.1 Å². The van der Waals surface area contributed by atoms with Crippen LogP contribution in [0.1, 0.15) is 4.88 Å². The number of thiophene rings is 2. The van der Waals surface area contributed by atoms with Gasteiger partial charge in [-0.2, -0.15) is 0 Å². The molecule has 1 aliphatic rings. The van der Waals surface area contributed by atoms with Gasteiger partial charge in [-0.3, -0.25) is 4.99 Å². The minimum absolute atomic E-state index is 0. The Morgan fingerprint density at radius 1 is 1.00 bits per heavy atom. The van der Waals surface area contributed by atoms with Crippen LogP contribution in [0.3, 0.4) is 0 Å². The average molecular weight is 601 g/mol. The summed E-state index contributed by atoms with van der Waals surface area (Å²) in [7, 11) is 0. The molecule has 0 aliphatic carbocycles. The molecular weight excluding hydrogens is 583 g/mol. The standard InChI is InChI=1S/C18H19N3S4.Au/c22-18(23)21-8-6-20(7-9-21)14-3-1-13(2-4-14)19-12-15-11-17-16(25-15)5-10-24-17;/h1-5,10-12,18,22-23H,6-9H2;/p-2. The molecule has 0 bridgehead atoms. The van der Waals surface area contributed by atoms with E-state index in [1.807, 2.05) is 6.21 Å². The number of nitrogens with zero attached hydrogens (tertiary/aromatic N) is 3. The third-order valence-corrected chi connectivity index (χ3v) is 6.95. The van der Waals surface area contributed by atoms with Crippen molar-refractivity contribution in [2.45, 2.75) is 4.71 Å². The Morgan fingerprint density at radius 2 is 1.73 bits per heavy atom. The molecule has 2 aromatic heterocycles. The molecule has 141 valence electrons. The fraction of sp³-hybridized carbons (Fsp3) is 0.278. The number of hydrogen-bond donors (Lipinski definition) is 0. The first-order chi connectivity index (χ1) is 12.2. The van der Waals surface area contributed by atoms with E-state index >= 15 is 0 Å². The van der Waals surface area contributed by atoms with Crippen LogP contribution in [0.4, 0.5) is 11.4 Å². The normalized spacial score (nSPS) is 15.9. The maximum atomic E-state index is 5.16. The molecule has 26 heavy (non-hydrogen) atoms. The van der Waals surface area contributed by atoms with Crippen molar-refractivity contribution in [3.8, 4) is 0 Å². The summed E-state index contributed by atoms with van der Waals surface area (Å²) >= 11 is 13.9. The zero-order valence-electron chi connectivity index (χ0n) is 13.8. The molecule has 0 N–H and O–H groups in total. The predicted molar refractivity (Wildman–Crippen MR) is 116 cm³/mol. The molecule has 3 nitrogen and oxygen atoms in total. The van der Waals surface area contributed by atoms with Crippen LogP contribution in [0.5, 0.6) is 0 Å². The Labute approximate surface area is 188 Å². The second kappa shape index (κ2) is 9.30. The van der Waals surface area contributed by atoms with Crippen molar-refractivity contribution in [3.05, 3.63) is 46.7 Å². The first kappa shape index (κ1) is 20.5. The van der Waals surface area contributed by atoms with Crippen LogP contribution in [0, 0.1) is 0 Å². The Morgan fingerprint density at radius 3 is 2.38 bits per heavy atom. The van der Waals surface area contributed by atoms with Crippen LogP contribution in [0.25, 0.3) is 9.40 Å². The van der Waals surface area contributed by atoms with Gasteiger partial charge in [0, 0.05) is 74.7 Å². The molecular formula is C18H17AuN3S4-2. The molecule has 1 aliphatic heterocycles. The third-order valence-electron chi connectivity index (χ3n) is 4.33. The number of anilines is 1. The summed E-state index contributed by atoms with van der Waals surface area (Å²) in [5, 5.41) is 2.13. The minimum atomic E-state index is -0.189. The summed E-state index contributed by atoms with van der Waals surface area (Å²) in [6, 6.07) is 12.8. The largest absolute Gasteiger partial charge is 0.800 e. The molecule has 0 atom stereocenters. The van der Waals surface area contributed by atoms with Gasteiger partial charge in [0.2, 0.25) is 0 Å². The zero-order chi connectivity index (χ0) is 17.2. The molecule has 3 aromatic rings. The fourth-order valence-corrected chi connectivity index (χ4v) is 5.34. The van der Waals surface area contributed by atoms with E-state index in [9.17, 15) is 0 Å². The molecule has 0 saturated carbocycles. The molecule has 1 saturated heterocycles. The SMILES string of the molecule is [Au].[S-]C([S-])N1CCN(c2ccc(N=Cc3cc4sccc4s3)cc2)CC1. The van der Waals surface area contributed by atoms with Crippen molar-refractivity contribution in [2.75, 3.05) is 31.1 Å². The van der Waals surface area contributed by atoms with Crippen LogP contribution in [-0.2, 0) is 47.6 Å². The van der Waals surface area contributed by atoms with Crippen molar-refractivity contribution >= 4 is 74.9 Å². The Kier molecular flexibility index (Phi) is 7.32. The van der Waals surface area contributed by atoms with Crippen molar-refractivity contribution in [1.29, 1.82) is 0 Å². The van der Waals surface area contributed by atoms with E-state index in [0.717, 1.165) is 31.9 Å². The topological polar surface area (TPSA) is 18.8 Å². The summed E-state index contributed by atoms with van der Waals surface area (Å²) in [5.41, 5.74) is 2.22. The quantitative estimate of drug-likeness (QED) is 0.254. The smallest absolute Gasteiger partial charge is 0.0631 e. The molecule has 8 heteroatoms. The molecule has 0 amide bonds. The van der Waals surface area contributed by atoms with Gasteiger partial charge >= 0.3 is 0 Å². The van der Waals surface area contributed by atoms with Crippen LogP contribution in [0.2, 0.25) is 0 Å². The summed E-state index contributed by atoms with van der Waals surface area (Å²) in [5.74, 6) is 0. The predicted octanol–water partition coefficient (Wildman–Crippen LogP) is 4.21. The van der Waals surface area contributed by atoms with E-state index in [0.29, 0.717) is 0 Å². The molecule has 1 aromatic carbocycles. The van der Waals surface area contributed by atoms with Crippen molar-refractivity contribution in [1.82, 2.24) is 4.90 Å². The molecule has 0 unspecified atom stereocenters. The van der Waals surface area contributed by atoms with Crippen LogP contribution in [-0.4, -0.2) is 42.0 Å². The van der Waals surface area contributed by atoms with Gasteiger partial charge < -0.3 is 35.1 Å². The number of hydrogen-bond acceptors (Lipinski definition) is 7. The molecule has 3 heterocycles. The van der Waals surface area contributed by atoms with E-state index in [1.165, 1.54) is 20.0 Å². The van der Waals surface area contributed by atoms with Crippen LogP contribution >= 0.6 is 22.7 Å². The number of rotatable bonds is 4. The number of benzene rings is 1. The van der Waals surface area contributed by atoms with Crippen molar-refractivity contribution < 1.29 is 22.4 Å².